The highest BCUT2D eigenvalue weighted by atomic mass is 35.5. The number of nitrogens with zero attached hydrogens (tertiary/aromatic N) is 3. The minimum absolute atomic E-state index is 0.306. The van der Waals surface area contributed by atoms with Crippen LogP contribution >= 0.6 is 11.6 Å². The van der Waals surface area contributed by atoms with Gasteiger partial charge in [0.2, 0.25) is 0 Å². The molecule has 0 aliphatic rings. The van der Waals surface area contributed by atoms with Crippen LogP contribution in [0.25, 0.3) is 0 Å². The Labute approximate surface area is 136 Å². The molecule has 1 aromatic heterocycles. The Bertz CT molecular complexity index is 571. The SMILES string of the molecule is CN(Cc1cnn(C)c1)CC(O)COCc1ccc(Cl)cc1. The van der Waals surface area contributed by atoms with Gasteiger partial charge in [0.1, 0.15) is 0 Å². The molecule has 6 heteroatoms. The Morgan fingerprint density at radius 1 is 1.32 bits per heavy atom. The molecule has 1 aromatic carbocycles. The summed E-state index contributed by atoms with van der Waals surface area (Å²) in [6.07, 6.45) is 3.29. The van der Waals surface area contributed by atoms with E-state index in [-0.39, 0.29) is 0 Å². The predicted octanol–water partition coefficient (Wildman–Crippen LogP) is 2.08. The third-order valence-electron chi connectivity index (χ3n) is 3.23. The van der Waals surface area contributed by atoms with Gasteiger partial charge in [0.05, 0.1) is 25.5 Å². The number of aryl methyl sites for hydroxylation is 1. The topological polar surface area (TPSA) is 50.5 Å². The molecule has 0 saturated heterocycles. The first-order chi connectivity index (χ1) is 10.5. The molecule has 0 aliphatic carbocycles. The number of halogens is 1. The van der Waals surface area contributed by atoms with Crippen molar-refractivity contribution in [1.29, 1.82) is 0 Å². The molecule has 0 saturated carbocycles. The number of likely N-dealkylation sites (N-methyl/N-ethyl adjacent to an activating group) is 1. The van der Waals surface area contributed by atoms with Crippen LogP contribution < -0.4 is 0 Å². The first kappa shape index (κ1) is 17.0. The molecule has 1 heterocycles. The Hall–Kier alpha value is -1.40. The summed E-state index contributed by atoms with van der Waals surface area (Å²) in [5.74, 6) is 0. The Morgan fingerprint density at radius 2 is 2.05 bits per heavy atom. The summed E-state index contributed by atoms with van der Waals surface area (Å²) in [6.45, 7) is 2.08. The quantitative estimate of drug-likeness (QED) is 0.808. The first-order valence-electron chi connectivity index (χ1n) is 7.19. The van der Waals surface area contributed by atoms with Crippen molar-refractivity contribution in [2.45, 2.75) is 19.3 Å². The molecule has 0 bridgehead atoms. The van der Waals surface area contributed by atoms with Crippen LogP contribution in [0.3, 0.4) is 0 Å². The van der Waals surface area contributed by atoms with E-state index in [1.165, 1.54) is 0 Å². The number of hydrogen-bond donors (Lipinski definition) is 1. The van der Waals surface area contributed by atoms with Crippen LogP contribution in [0, 0.1) is 0 Å². The lowest BCUT2D eigenvalue weighted by Gasteiger charge is -2.20. The second kappa shape index (κ2) is 8.29. The predicted molar refractivity (Wildman–Crippen MR) is 86.7 cm³/mol. The van der Waals surface area contributed by atoms with Crippen molar-refractivity contribution in [3.63, 3.8) is 0 Å². The molecular weight excluding hydrogens is 302 g/mol. The van der Waals surface area contributed by atoms with Gasteiger partial charge in [0.15, 0.2) is 0 Å². The fourth-order valence-corrected chi connectivity index (χ4v) is 2.36. The third kappa shape index (κ3) is 5.77. The monoisotopic (exact) mass is 323 g/mol. The molecule has 0 aliphatic heterocycles. The summed E-state index contributed by atoms with van der Waals surface area (Å²) in [5.41, 5.74) is 2.17. The van der Waals surface area contributed by atoms with Gasteiger partial charge >= 0.3 is 0 Å². The number of rotatable bonds is 8. The second-order valence-corrected chi connectivity index (χ2v) is 5.95. The maximum atomic E-state index is 10.0. The van der Waals surface area contributed by atoms with Gasteiger partial charge in [-0.1, -0.05) is 23.7 Å². The van der Waals surface area contributed by atoms with Crippen LogP contribution in [-0.2, 0) is 24.9 Å². The van der Waals surface area contributed by atoms with Crippen LogP contribution in [0.1, 0.15) is 11.1 Å². The summed E-state index contributed by atoms with van der Waals surface area (Å²) < 4.78 is 7.31. The second-order valence-electron chi connectivity index (χ2n) is 5.51. The molecule has 2 rings (SSSR count). The van der Waals surface area contributed by atoms with Crippen molar-refractivity contribution in [2.24, 2.45) is 7.05 Å². The zero-order chi connectivity index (χ0) is 15.9. The van der Waals surface area contributed by atoms with E-state index in [4.69, 9.17) is 16.3 Å². The van der Waals surface area contributed by atoms with E-state index in [9.17, 15) is 5.11 Å². The van der Waals surface area contributed by atoms with Gasteiger partial charge in [0.25, 0.3) is 0 Å². The molecule has 0 amide bonds. The van der Waals surface area contributed by atoms with Crippen LogP contribution in [0.5, 0.6) is 0 Å². The number of ether oxygens (including phenoxy) is 1. The Kier molecular flexibility index (Phi) is 6.39. The van der Waals surface area contributed by atoms with Gasteiger partial charge in [-0.15, -0.1) is 0 Å². The molecule has 120 valence electrons. The third-order valence-corrected chi connectivity index (χ3v) is 3.48. The van der Waals surface area contributed by atoms with Crippen molar-refractivity contribution in [1.82, 2.24) is 14.7 Å². The van der Waals surface area contributed by atoms with E-state index in [1.807, 2.05) is 55.7 Å². The largest absolute Gasteiger partial charge is 0.389 e. The summed E-state index contributed by atoms with van der Waals surface area (Å²) in [5, 5.41) is 14.9. The summed E-state index contributed by atoms with van der Waals surface area (Å²) >= 11 is 5.83. The summed E-state index contributed by atoms with van der Waals surface area (Å²) in [6, 6.07) is 7.50. The Balaban J connectivity index is 1.66. The lowest BCUT2D eigenvalue weighted by molar-refractivity contribution is 0.0127. The average Bonchev–Trinajstić information content (AvgIpc) is 2.86. The smallest absolute Gasteiger partial charge is 0.0900 e. The van der Waals surface area contributed by atoms with Crippen molar-refractivity contribution in [2.75, 3.05) is 20.2 Å². The zero-order valence-electron chi connectivity index (χ0n) is 12.9. The number of aliphatic hydroxyl groups is 1. The van der Waals surface area contributed by atoms with Crippen molar-refractivity contribution < 1.29 is 9.84 Å². The van der Waals surface area contributed by atoms with E-state index in [1.54, 1.807) is 4.68 Å². The fourth-order valence-electron chi connectivity index (χ4n) is 2.24. The number of aliphatic hydroxyl groups excluding tert-OH is 1. The maximum absolute atomic E-state index is 10.0. The normalized spacial score (nSPS) is 12.8. The summed E-state index contributed by atoms with van der Waals surface area (Å²) in [7, 11) is 3.86. The van der Waals surface area contributed by atoms with Gasteiger partial charge in [-0.3, -0.25) is 9.58 Å². The minimum Gasteiger partial charge on any atom is -0.389 e. The van der Waals surface area contributed by atoms with Gasteiger partial charge < -0.3 is 9.84 Å². The minimum atomic E-state index is -0.519. The highest BCUT2D eigenvalue weighted by molar-refractivity contribution is 6.30. The van der Waals surface area contributed by atoms with Crippen molar-refractivity contribution in [3.05, 3.63) is 52.8 Å². The number of hydrogen-bond acceptors (Lipinski definition) is 4. The van der Waals surface area contributed by atoms with Crippen molar-refractivity contribution >= 4 is 11.6 Å². The molecule has 0 fully saturated rings. The first-order valence-corrected chi connectivity index (χ1v) is 7.57. The van der Waals surface area contributed by atoms with E-state index in [0.29, 0.717) is 24.8 Å². The van der Waals surface area contributed by atoms with Crippen molar-refractivity contribution in [3.8, 4) is 0 Å². The molecule has 0 spiro atoms. The van der Waals surface area contributed by atoms with Gasteiger partial charge in [-0.2, -0.15) is 5.10 Å². The van der Waals surface area contributed by atoms with Gasteiger partial charge in [-0.05, 0) is 24.7 Å². The maximum Gasteiger partial charge on any atom is 0.0900 e. The van der Waals surface area contributed by atoms with E-state index in [0.717, 1.165) is 17.7 Å². The van der Waals surface area contributed by atoms with Gasteiger partial charge in [-0.25, -0.2) is 0 Å². The Morgan fingerprint density at radius 3 is 2.68 bits per heavy atom. The van der Waals surface area contributed by atoms with Gasteiger partial charge in [0, 0.05) is 36.9 Å². The highest BCUT2D eigenvalue weighted by Gasteiger charge is 2.10. The fraction of sp³-hybridized carbons (Fsp3) is 0.438. The van der Waals surface area contributed by atoms with Crippen LogP contribution in [0.2, 0.25) is 5.02 Å². The zero-order valence-corrected chi connectivity index (χ0v) is 13.7. The van der Waals surface area contributed by atoms with Crippen LogP contribution in [0.4, 0.5) is 0 Å². The summed E-state index contributed by atoms with van der Waals surface area (Å²) in [4.78, 5) is 2.05. The molecule has 5 nitrogen and oxygen atoms in total. The lowest BCUT2D eigenvalue weighted by Crippen LogP contribution is -2.31. The molecule has 1 N–H and O–H groups in total. The standard InChI is InChI=1S/C16H22ClN3O2/c1-19(8-14-7-18-20(2)9-14)10-16(21)12-22-11-13-3-5-15(17)6-4-13/h3-7,9,16,21H,8,10-12H2,1-2H3. The van der Waals surface area contributed by atoms with Crippen LogP contribution in [0.15, 0.2) is 36.7 Å². The molecule has 0 radical (unpaired) electrons. The molecule has 22 heavy (non-hydrogen) atoms. The highest BCUT2D eigenvalue weighted by Crippen LogP contribution is 2.10. The lowest BCUT2D eigenvalue weighted by atomic mass is 10.2. The van der Waals surface area contributed by atoms with Crippen LogP contribution in [-0.4, -0.2) is 46.1 Å². The van der Waals surface area contributed by atoms with E-state index in [2.05, 4.69) is 5.10 Å². The number of aromatic nitrogens is 2. The number of benzene rings is 1. The molecular formula is C16H22ClN3O2. The molecule has 1 unspecified atom stereocenters. The molecule has 1 atom stereocenters. The average molecular weight is 324 g/mol. The molecule has 2 aromatic rings. The van der Waals surface area contributed by atoms with E-state index < -0.39 is 6.10 Å². The van der Waals surface area contributed by atoms with E-state index >= 15 is 0 Å².